The van der Waals surface area contributed by atoms with Gasteiger partial charge in [-0.15, -0.1) is 0 Å². The highest BCUT2D eigenvalue weighted by molar-refractivity contribution is 5.98. The maximum absolute atomic E-state index is 12.9. The molecule has 0 unspecified atom stereocenters. The molecule has 0 spiro atoms. The molecule has 3 amide bonds. The van der Waals surface area contributed by atoms with Crippen LogP contribution in [0.2, 0.25) is 0 Å². The molecule has 2 rings (SSSR count). The first-order valence-electron chi connectivity index (χ1n) is 13.2. The van der Waals surface area contributed by atoms with Crippen molar-refractivity contribution >= 4 is 35.5 Å². The van der Waals surface area contributed by atoms with E-state index in [9.17, 15) is 24.0 Å². The van der Waals surface area contributed by atoms with Crippen molar-refractivity contribution in [1.82, 2.24) is 10.6 Å². The largest absolute Gasteiger partial charge is 0.460 e. The molecule has 41 heavy (non-hydrogen) atoms. The number of benzene rings is 2. The topological polar surface area (TPSA) is 149 Å². The Balaban J connectivity index is 1.90. The van der Waals surface area contributed by atoms with Crippen molar-refractivity contribution in [1.29, 1.82) is 0 Å². The highest BCUT2D eigenvalue weighted by Gasteiger charge is 2.28. The molecule has 0 radical (unpaired) electrons. The monoisotopic (exact) mass is 569 g/mol. The molecule has 0 heterocycles. The van der Waals surface area contributed by atoms with Gasteiger partial charge in [-0.05, 0) is 77.8 Å². The Hall–Kier alpha value is -4.41. The number of hydrogen-bond donors (Lipinski definition) is 3. The summed E-state index contributed by atoms with van der Waals surface area (Å²) in [7, 11) is 0. The van der Waals surface area contributed by atoms with E-state index in [0.717, 1.165) is 5.56 Å². The van der Waals surface area contributed by atoms with Crippen LogP contribution >= 0.6 is 0 Å². The van der Waals surface area contributed by atoms with Gasteiger partial charge in [0.25, 0.3) is 5.91 Å². The van der Waals surface area contributed by atoms with Crippen molar-refractivity contribution in [2.75, 3.05) is 11.9 Å². The number of amides is 3. The number of alkyl carbamates (subject to hydrolysis) is 1. The fraction of sp³-hybridized carbons (Fsp3) is 0.433. The minimum absolute atomic E-state index is 0.00943. The van der Waals surface area contributed by atoms with Crippen molar-refractivity contribution in [3.05, 3.63) is 65.7 Å². The normalized spacial score (nSPS) is 12.0. The van der Waals surface area contributed by atoms with Crippen LogP contribution in [0.15, 0.2) is 54.6 Å². The molecule has 0 aliphatic carbocycles. The van der Waals surface area contributed by atoms with Crippen molar-refractivity contribution in [2.45, 2.75) is 78.2 Å². The third kappa shape index (κ3) is 13.5. The SMILES string of the molecule is CC(C)(C)OC(=O)CC[C@H](NC(=O)c1ccc(NC(=O)CNC(=O)OCc2ccccc2)cc1)C(=O)OC(C)(C)C. The van der Waals surface area contributed by atoms with E-state index in [1.165, 1.54) is 24.3 Å². The molecule has 11 nitrogen and oxygen atoms in total. The van der Waals surface area contributed by atoms with Gasteiger partial charge < -0.3 is 30.2 Å². The highest BCUT2D eigenvalue weighted by Crippen LogP contribution is 2.15. The number of rotatable bonds is 11. The summed E-state index contributed by atoms with van der Waals surface area (Å²) in [5.41, 5.74) is -0.0484. The predicted molar refractivity (Wildman–Crippen MR) is 152 cm³/mol. The lowest BCUT2D eigenvalue weighted by Crippen LogP contribution is -2.44. The van der Waals surface area contributed by atoms with Gasteiger partial charge in [-0.2, -0.15) is 0 Å². The van der Waals surface area contributed by atoms with E-state index in [0.29, 0.717) is 5.69 Å². The molecule has 0 aromatic heterocycles. The molecule has 2 aromatic carbocycles. The van der Waals surface area contributed by atoms with Gasteiger partial charge in [0.1, 0.15) is 30.4 Å². The number of hydrogen-bond acceptors (Lipinski definition) is 8. The lowest BCUT2D eigenvalue weighted by molar-refractivity contribution is -0.158. The van der Waals surface area contributed by atoms with Crippen LogP contribution < -0.4 is 16.0 Å². The summed E-state index contributed by atoms with van der Waals surface area (Å²) in [6.07, 6.45) is -0.840. The number of anilines is 1. The van der Waals surface area contributed by atoms with E-state index in [-0.39, 0.29) is 31.6 Å². The average molecular weight is 570 g/mol. The van der Waals surface area contributed by atoms with Gasteiger partial charge in [-0.1, -0.05) is 30.3 Å². The summed E-state index contributed by atoms with van der Waals surface area (Å²) >= 11 is 0. The second-order valence-electron chi connectivity index (χ2n) is 11.2. The first kappa shape index (κ1) is 32.8. The quantitative estimate of drug-likeness (QED) is 0.270. The molecule has 0 saturated carbocycles. The Labute approximate surface area is 240 Å². The Bertz CT molecular complexity index is 1200. The zero-order valence-electron chi connectivity index (χ0n) is 24.4. The Morgan fingerprint density at radius 3 is 2.00 bits per heavy atom. The van der Waals surface area contributed by atoms with Gasteiger partial charge in [-0.25, -0.2) is 9.59 Å². The molecular formula is C30H39N3O8. The third-order valence-corrected chi connectivity index (χ3v) is 5.09. The summed E-state index contributed by atoms with van der Waals surface area (Å²) < 4.78 is 15.8. The summed E-state index contributed by atoms with van der Waals surface area (Å²) in [6.45, 7) is 10.1. The molecule has 0 aliphatic rings. The smallest absolute Gasteiger partial charge is 0.407 e. The zero-order chi connectivity index (χ0) is 30.6. The Kier molecular flexibility index (Phi) is 11.9. The Morgan fingerprint density at radius 1 is 0.805 bits per heavy atom. The minimum atomic E-state index is -1.08. The van der Waals surface area contributed by atoms with Crippen molar-refractivity contribution in [3.8, 4) is 0 Å². The van der Waals surface area contributed by atoms with Crippen LogP contribution in [0.5, 0.6) is 0 Å². The van der Waals surface area contributed by atoms with E-state index < -0.39 is 47.1 Å². The second-order valence-corrected chi connectivity index (χ2v) is 11.2. The van der Waals surface area contributed by atoms with E-state index >= 15 is 0 Å². The van der Waals surface area contributed by atoms with Gasteiger partial charge in [0, 0.05) is 17.7 Å². The van der Waals surface area contributed by atoms with E-state index in [2.05, 4.69) is 16.0 Å². The molecule has 2 aromatic rings. The fourth-order valence-corrected chi connectivity index (χ4v) is 3.35. The molecule has 0 aliphatic heterocycles. The molecule has 11 heteroatoms. The second kappa shape index (κ2) is 14.8. The number of nitrogens with one attached hydrogen (secondary N) is 3. The van der Waals surface area contributed by atoms with Crippen molar-refractivity contribution in [2.24, 2.45) is 0 Å². The van der Waals surface area contributed by atoms with Crippen LogP contribution in [0.25, 0.3) is 0 Å². The molecule has 222 valence electrons. The van der Waals surface area contributed by atoms with Crippen LogP contribution in [0.1, 0.15) is 70.3 Å². The average Bonchev–Trinajstić information content (AvgIpc) is 2.87. The van der Waals surface area contributed by atoms with Gasteiger partial charge in [0.2, 0.25) is 5.91 Å². The summed E-state index contributed by atoms with van der Waals surface area (Å²) in [4.78, 5) is 61.9. The lowest BCUT2D eigenvalue weighted by Gasteiger charge is -2.25. The fourth-order valence-electron chi connectivity index (χ4n) is 3.35. The standard InChI is InChI=1S/C30H39N3O8/c1-29(2,3)40-25(35)17-16-23(27(37)41-30(4,5)6)33-26(36)21-12-14-22(15-13-21)32-24(34)18-31-28(38)39-19-20-10-8-7-9-11-20/h7-15,23H,16-19H2,1-6H3,(H,31,38)(H,32,34)(H,33,36)/t23-/m0/s1. The number of esters is 2. The maximum Gasteiger partial charge on any atom is 0.407 e. The van der Waals surface area contributed by atoms with Crippen LogP contribution in [-0.4, -0.2) is 53.6 Å². The molecule has 1 atom stereocenters. The minimum Gasteiger partial charge on any atom is -0.460 e. The van der Waals surface area contributed by atoms with Crippen LogP contribution in [0.4, 0.5) is 10.5 Å². The number of ether oxygens (including phenoxy) is 3. The summed E-state index contributed by atoms with van der Waals surface area (Å²) in [6, 6.07) is 14.0. The Morgan fingerprint density at radius 2 is 1.41 bits per heavy atom. The van der Waals surface area contributed by atoms with Crippen LogP contribution in [0.3, 0.4) is 0 Å². The highest BCUT2D eigenvalue weighted by atomic mass is 16.6. The lowest BCUT2D eigenvalue weighted by atomic mass is 10.1. The first-order valence-corrected chi connectivity index (χ1v) is 13.2. The maximum atomic E-state index is 12.9. The van der Waals surface area contributed by atoms with Crippen molar-refractivity contribution in [3.63, 3.8) is 0 Å². The van der Waals surface area contributed by atoms with E-state index in [4.69, 9.17) is 14.2 Å². The molecule has 0 fully saturated rings. The van der Waals surface area contributed by atoms with Crippen LogP contribution in [0, 0.1) is 0 Å². The number of carbonyl (C=O) groups excluding carboxylic acids is 5. The van der Waals surface area contributed by atoms with Gasteiger partial charge in [0.15, 0.2) is 0 Å². The van der Waals surface area contributed by atoms with Gasteiger partial charge in [-0.3, -0.25) is 14.4 Å². The molecule has 0 saturated heterocycles. The van der Waals surface area contributed by atoms with Crippen molar-refractivity contribution < 1.29 is 38.2 Å². The number of carbonyl (C=O) groups is 5. The van der Waals surface area contributed by atoms with E-state index in [1.807, 2.05) is 30.3 Å². The molecule has 3 N–H and O–H groups in total. The third-order valence-electron chi connectivity index (χ3n) is 5.09. The van der Waals surface area contributed by atoms with Crippen LogP contribution in [-0.2, 0) is 35.2 Å². The first-order chi connectivity index (χ1) is 19.1. The van der Waals surface area contributed by atoms with Gasteiger partial charge >= 0.3 is 18.0 Å². The van der Waals surface area contributed by atoms with E-state index in [1.54, 1.807) is 41.5 Å². The molecular weight excluding hydrogens is 530 g/mol. The van der Waals surface area contributed by atoms with Gasteiger partial charge in [0.05, 0.1) is 0 Å². The predicted octanol–water partition coefficient (Wildman–Crippen LogP) is 4.11. The summed E-state index contributed by atoms with van der Waals surface area (Å²) in [5, 5.41) is 7.60. The molecule has 0 bridgehead atoms. The summed E-state index contributed by atoms with van der Waals surface area (Å²) in [5.74, 6) is -2.23. The zero-order valence-corrected chi connectivity index (χ0v) is 24.4.